The van der Waals surface area contributed by atoms with Crippen molar-refractivity contribution in [1.82, 2.24) is 0 Å². The highest BCUT2D eigenvalue weighted by Gasteiger charge is 2.18. The summed E-state index contributed by atoms with van der Waals surface area (Å²) in [5, 5.41) is 3.07. The Morgan fingerprint density at radius 2 is 2.00 bits per heavy atom. The van der Waals surface area contributed by atoms with Crippen molar-refractivity contribution in [2.75, 3.05) is 18.1 Å². The van der Waals surface area contributed by atoms with Gasteiger partial charge in [-0.15, -0.1) is 0 Å². The number of nitrogens with two attached hydrogens (primary N) is 1. The van der Waals surface area contributed by atoms with Crippen molar-refractivity contribution in [3.63, 3.8) is 0 Å². The second-order valence-corrected chi connectivity index (χ2v) is 4.29. The highest BCUT2D eigenvalue weighted by atomic mass is 14.8. The van der Waals surface area contributed by atoms with E-state index in [1.807, 2.05) is 13.1 Å². The Hall–Kier alpha value is -1.18. The van der Waals surface area contributed by atoms with Crippen LogP contribution in [0.5, 0.6) is 0 Å². The summed E-state index contributed by atoms with van der Waals surface area (Å²) in [6.45, 7) is 6.67. The molecule has 0 heterocycles. The molecular weight excluding hydrogens is 172 g/mol. The summed E-state index contributed by atoms with van der Waals surface area (Å²) in [7, 11) is 1.89. The Balaban J connectivity index is 3.08. The Kier molecular flexibility index (Phi) is 3.04. The largest absolute Gasteiger partial charge is 0.397 e. The van der Waals surface area contributed by atoms with Gasteiger partial charge in [0, 0.05) is 7.05 Å². The summed E-state index contributed by atoms with van der Waals surface area (Å²) >= 11 is 0. The molecule has 1 aromatic carbocycles. The summed E-state index contributed by atoms with van der Waals surface area (Å²) < 4.78 is 0. The maximum atomic E-state index is 5.92. The number of benzene rings is 1. The van der Waals surface area contributed by atoms with Gasteiger partial charge in [0.25, 0.3) is 0 Å². The smallest absolute Gasteiger partial charge is 0.0571 e. The standard InChI is InChI=1S/C12H20N2/c1-5-12(2,3)9-6-7-11(14-4)10(13)8-9/h6-8,14H,5,13H2,1-4H3. The number of rotatable bonds is 3. The minimum Gasteiger partial charge on any atom is -0.397 e. The number of hydrogen-bond acceptors (Lipinski definition) is 2. The summed E-state index contributed by atoms with van der Waals surface area (Å²) in [5.74, 6) is 0. The van der Waals surface area contributed by atoms with Crippen LogP contribution in [-0.2, 0) is 5.41 Å². The molecule has 0 unspecified atom stereocenters. The van der Waals surface area contributed by atoms with Gasteiger partial charge in [0.2, 0.25) is 0 Å². The van der Waals surface area contributed by atoms with Gasteiger partial charge in [-0.05, 0) is 29.5 Å². The SMILES string of the molecule is CCC(C)(C)c1ccc(NC)c(N)c1. The van der Waals surface area contributed by atoms with E-state index in [-0.39, 0.29) is 5.41 Å². The second kappa shape index (κ2) is 3.91. The van der Waals surface area contributed by atoms with Crippen LogP contribution in [0.4, 0.5) is 11.4 Å². The van der Waals surface area contributed by atoms with Crippen molar-refractivity contribution in [1.29, 1.82) is 0 Å². The lowest BCUT2D eigenvalue weighted by molar-refractivity contribution is 0.506. The van der Waals surface area contributed by atoms with Gasteiger partial charge >= 0.3 is 0 Å². The molecule has 0 bridgehead atoms. The van der Waals surface area contributed by atoms with Crippen molar-refractivity contribution >= 4 is 11.4 Å². The molecule has 0 aliphatic heterocycles. The number of nitrogen functional groups attached to an aromatic ring is 1. The fourth-order valence-corrected chi connectivity index (χ4v) is 1.42. The van der Waals surface area contributed by atoms with Crippen LogP contribution in [0.25, 0.3) is 0 Å². The molecule has 14 heavy (non-hydrogen) atoms. The predicted molar refractivity (Wildman–Crippen MR) is 63.7 cm³/mol. The van der Waals surface area contributed by atoms with Crippen LogP contribution in [0.15, 0.2) is 18.2 Å². The maximum absolute atomic E-state index is 5.92. The molecule has 0 saturated heterocycles. The summed E-state index contributed by atoms with van der Waals surface area (Å²) in [4.78, 5) is 0. The van der Waals surface area contributed by atoms with Gasteiger partial charge in [-0.1, -0.05) is 26.8 Å². The van der Waals surface area contributed by atoms with Crippen molar-refractivity contribution < 1.29 is 0 Å². The van der Waals surface area contributed by atoms with Gasteiger partial charge in [-0.2, -0.15) is 0 Å². The van der Waals surface area contributed by atoms with E-state index in [1.54, 1.807) is 0 Å². The monoisotopic (exact) mass is 192 g/mol. The molecule has 1 aromatic rings. The zero-order valence-electron chi connectivity index (χ0n) is 9.52. The van der Waals surface area contributed by atoms with Gasteiger partial charge < -0.3 is 11.1 Å². The zero-order valence-corrected chi connectivity index (χ0v) is 9.52. The summed E-state index contributed by atoms with van der Waals surface area (Å²) in [6, 6.07) is 6.25. The first kappa shape index (κ1) is 10.9. The molecule has 0 amide bonds. The second-order valence-electron chi connectivity index (χ2n) is 4.29. The van der Waals surface area contributed by atoms with Crippen molar-refractivity contribution in [3.05, 3.63) is 23.8 Å². The van der Waals surface area contributed by atoms with E-state index in [0.717, 1.165) is 17.8 Å². The molecule has 2 heteroatoms. The first-order chi connectivity index (χ1) is 6.51. The average Bonchev–Trinajstić information content (AvgIpc) is 2.17. The lowest BCUT2D eigenvalue weighted by Gasteiger charge is -2.24. The van der Waals surface area contributed by atoms with Crippen LogP contribution in [-0.4, -0.2) is 7.05 Å². The van der Waals surface area contributed by atoms with E-state index in [2.05, 4.69) is 38.2 Å². The Bertz CT molecular complexity index is 316. The topological polar surface area (TPSA) is 38.0 Å². The van der Waals surface area contributed by atoms with E-state index in [1.165, 1.54) is 5.56 Å². The molecule has 78 valence electrons. The minimum absolute atomic E-state index is 0.209. The van der Waals surface area contributed by atoms with Crippen LogP contribution in [0, 0.1) is 0 Å². The third kappa shape index (κ3) is 2.00. The molecule has 0 saturated carbocycles. The fourth-order valence-electron chi connectivity index (χ4n) is 1.42. The Labute approximate surface area is 86.5 Å². The third-order valence-electron chi connectivity index (χ3n) is 2.99. The van der Waals surface area contributed by atoms with Crippen LogP contribution in [0.1, 0.15) is 32.8 Å². The highest BCUT2D eigenvalue weighted by Crippen LogP contribution is 2.30. The maximum Gasteiger partial charge on any atom is 0.0571 e. The van der Waals surface area contributed by atoms with Crippen molar-refractivity contribution in [2.45, 2.75) is 32.6 Å². The first-order valence-corrected chi connectivity index (χ1v) is 5.09. The predicted octanol–water partition coefficient (Wildman–Crippen LogP) is 3.00. The van der Waals surface area contributed by atoms with E-state index in [9.17, 15) is 0 Å². The molecular formula is C12H20N2. The molecule has 0 fully saturated rings. The molecule has 1 rings (SSSR count). The van der Waals surface area contributed by atoms with Crippen LogP contribution >= 0.6 is 0 Å². The van der Waals surface area contributed by atoms with Gasteiger partial charge in [0.15, 0.2) is 0 Å². The number of anilines is 2. The fraction of sp³-hybridized carbons (Fsp3) is 0.500. The summed E-state index contributed by atoms with van der Waals surface area (Å²) in [6.07, 6.45) is 1.12. The lowest BCUT2D eigenvalue weighted by atomic mass is 9.82. The third-order valence-corrected chi connectivity index (χ3v) is 2.99. The van der Waals surface area contributed by atoms with E-state index in [0.29, 0.717) is 0 Å². The molecule has 0 radical (unpaired) electrons. The first-order valence-electron chi connectivity index (χ1n) is 5.09. The van der Waals surface area contributed by atoms with Crippen LogP contribution < -0.4 is 11.1 Å². The van der Waals surface area contributed by atoms with E-state index >= 15 is 0 Å². The van der Waals surface area contributed by atoms with Gasteiger partial charge in [0.05, 0.1) is 11.4 Å². The highest BCUT2D eigenvalue weighted by molar-refractivity contribution is 5.67. The Morgan fingerprint density at radius 3 is 2.43 bits per heavy atom. The van der Waals surface area contributed by atoms with Crippen LogP contribution in [0.2, 0.25) is 0 Å². The molecule has 2 nitrogen and oxygen atoms in total. The molecule has 0 aliphatic carbocycles. The molecule has 0 spiro atoms. The van der Waals surface area contributed by atoms with Crippen LogP contribution in [0.3, 0.4) is 0 Å². The molecule has 0 aromatic heterocycles. The van der Waals surface area contributed by atoms with Gasteiger partial charge in [0.1, 0.15) is 0 Å². The lowest BCUT2D eigenvalue weighted by Crippen LogP contribution is -2.15. The average molecular weight is 192 g/mol. The van der Waals surface area contributed by atoms with Crippen molar-refractivity contribution in [2.24, 2.45) is 0 Å². The van der Waals surface area contributed by atoms with Crippen molar-refractivity contribution in [3.8, 4) is 0 Å². The Morgan fingerprint density at radius 1 is 1.36 bits per heavy atom. The van der Waals surface area contributed by atoms with E-state index < -0.39 is 0 Å². The minimum atomic E-state index is 0.209. The quantitative estimate of drug-likeness (QED) is 0.722. The normalized spacial score (nSPS) is 11.4. The number of nitrogens with one attached hydrogen (secondary N) is 1. The number of hydrogen-bond donors (Lipinski definition) is 2. The zero-order chi connectivity index (χ0) is 10.8. The van der Waals surface area contributed by atoms with Gasteiger partial charge in [-0.3, -0.25) is 0 Å². The molecule has 0 atom stereocenters. The molecule has 0 aliphatic rings. The van der Waals surface area contributed by atoms with E-state index in [4.69, 9.17) is 5.73 Å². The summed E-state index contributed by atoms with van der Waals surface area (Å²) in [5.41, 5.74) is 9.26. The van der Waals surface area contributed by atoms with Gasteiger partial charge in [-0.25, -0.2) is 0 Å². The molecule has 3 N–H and O–H groups in total.